The minimum atomic E-state index is 0.295. The van der Waals surface area contributed by atoms with Crippen molar-refractivity contribution in [1.29, 1.82) is 0 Å². The summed E-state index contributed by atoms with van der Waals surface area (Å²) >= 11 is 0. The Labute approximate surface area is 121 Å². The van der Waals surface area contributed by atoms with Gasteiger partial charge in [-0.3, -0.25) is 4.90 Å². The molecule has 2 rings (SSSR count). The van der Waals surface area contributed by atoms with Gasteiger partial charge in [0.2, 0.25) is 0 Å². The minimum Gasteiger partial charge on any atom is -0.490 e. The number of hydrogen-bond donors (Lipinski definition) is 1. The molecule has 0 aromatic heterocycles. The number of ether oxygens (including phenoxy) is 2. The highest BCUT2D eigenvalue weighted by Crippen LogP contribution is 2.29. The Kier molecular flexibility index (Phi) is 5.26. The standard InChI is InChI=1S/C16H26N2O2/c1-4-19-15-7-6-13(8-16(15)20-5-2)10-18-9-12(3)14(17)11-18/h6-8,12,14H,4-5,9-11,17H2,1-3H3. The van der Waals surface area contributed by atoms with Gasteiger partial charge in [0.15, 0.2) is 11.5 Å². The van der Waals surface area contributed by atoms with Gasteiger partial charge in [-0.15, -0.1) is 0 Å². The van der Waals surface area contributed by atoms with Gasteiger partial charge in [0.05, 0.1) is 13.2 Å². The maximum absolute atomic E-state index is 6.08. The first-order chi connectivity index (χ1) is 9.63. The molecule has 0 saturated carbocycles. The smallest absolute Gasteiger partial charge is 0.161 e. The van der Waals surface area contributed by atoms with E-state index in [0.29, 0.717) is 25.2 Å². The van der Waals surface area contributed by atoms with Crippen molar-refractivity contribution in [2.75, 3.05) is 26.3 Å². The van der Waals surface area contributed by atoms with Crippen LogP contribution in [-0.2, 0) is 6.54 Å². The summed E-state index contributed by atoms with van der Waals surface area (Å²) in [5.74, 6) is 2.23. The van der Waals surface area contributed by atoms with Crippen LogP contribution in [0.4, 0.5) is 0 Å². The average molecular weight is 278 g/mol. The van der Waals surface area contributed by atoms with Crippen molar-refractivity contribution >= 4 is 0 Å². The second-order valence-corrected chi connectivity index (χ2v) is 5.48. The molecule has 0 bridgehead atoms. The minimum absolute atomic E-state index is 0.295. The van der Waals surface area contributed by atoms with Crippen LogP contribution in [0, 0.1) is 5.92 Å². The molecule has 1 saturated heterocycles. The van der Waals surface area contributed by atoms with Crippen LogP contribution in [0.1, 0.15) is 26.3 Å². The van der Waals surface area contributed by atoms with Crippen LogP contribution in [0.5, 0.6) is 11.5 Å². The summed E-state index contributed by atoms with van der Waals surface area (Å²) < 4.78 is 11.3. The van der Waals surface area contributed by atoms with Crippen LogP contribution < -0.4 is 15.2 Å². The number of nitrogens with two attached hydrogens (primary N) is 1. The second kappa shape index (κ2) is 6.95. The van der Waals surface area contributed by atoms with E-state index in [-0.39, 0.29) is 0 Å². The maximum Gasteiger partial charge on any atom is 0.161 e. The average Bonchev–Trinajstić information content (AvgIpc) is 2.72. The van der Waals surface area contributed by atoms with Crippen LogP contribution >= 0.6 is 0 Å². The molecule has 2 N–H and O–H groups in total. The van der Waals surface area contributed by atoms with Crippen LogP contribution in [0.3, 0.4) is 0 Å². The number of likely N-dealkylation sites (tertiary alicyclic amines) is 1. The topological polar surface area (TPSA) is 47.7 Å². The molecule has 0 amide bonds. The zero-order chi connectivity index (χ0) is 14.5. The predicted octanol–water partition coefficient (Wildman–Crippen LogP) is 2.26. The Bertz CT molecular complexity index is 426. The van der Waals surface area contributed by atoms with Gasteiger partial charge in [-0.05, 0) is 37.5 Å². The molecule has 0 aliphatic carbocycles. The summed E-state index contributed by atoms with van der Waals surface area (Å²) in [6.45, 7) is 10.4. The highest BCUT2D eigenvalue weighted by atomic mass is 16.5. The van der Waals surface area contributed by atoms with Gasteiger partial charge in [-0.2, -0.15) is 0 Å². The molecule has 0 radical (unpaired) electrons. The first kappa shape index (κ1) is 15.1. The molecule has 20 heavy (non-hydrogen) atoms. The van der Waals surface area contributed by atoms with Crippen LogP contribution in [0.15, 0.2) is 18.2 Å². The molecule has 1 aromatic carbocycles. The number of nitrogens with zero attached hydrogens (tertiary/aromatic N) is 1. The summed E-state index contributed by atoms with van der Waals surface area (Å²) in [6.07, 6.45) is 0. The molecule has 1 aromatic rings. The summed E-state index contributed by atoms with van der Waals surface area (Å²) in [7, 11) is 0. The van der Waals surface area contributed by atoms with Gasteiger partial charge in [0.25, 0.3) is 0 Å². The van der Waals surface area contributed by atoms with E-state index in [1.54, 1.807) is 0 Å². The third kappa shape index (κ3) is 3.64. The van der Waals surface area contributed by atoms with E-state index >= 15 is 0 Å². The van der Waals surface area contributed by atoms with Crippen molar-refractivity contribution < 1.29 is 9.47 Å². The lowest BCUT2D eigenvalue weighted by Crippen LogP contribution is -2.28. The Hall–Kier alpha value is -1.26. The highest BCUT2D eigenvalue weighted by molar-refractivity contribution is 5.43. The number of benzene rings is 1. The first-order valence-corrected chi connectivity index (χ1v) is 7.50. The Morgan fingerprint density at radius 1 is 1.15 bits per heavy atom. The molecule has 4 heteroatoms. The summed E-state index contributed by atoms with van der Waals surface area (Å²) in [6, 6.07) is 6.50. The zero-order valence-corrected chi connectivity index (χ0v) is 12.8. The van der Waals surface area contributed by atoms with Crippen molar-refractivity contribution in [2.45, 2.75) is 33.4 Å². The van der Waals surface area contributed by atoms with Crippen molar-refractivity contribution in [3.8, 4) is 11.5 Å². The molecule has 112 valence electrons. The van der Waals surface area contributed by atoms with Crippen LogP contribution in [0.25, 0.3) is 0 Å². The van der Waals surface area contributed by atoms with Gasteiger partial charge in [-0.25, -0.2) is 0 Å². The lowest BCUT2D eigenvalue weighted by atomic mass is 10.1. The molecule has 1 heterocycles. The number of hydrogen-bond acceptors (Lipinski definition) is 4. The Balaban J connectivity index is 2.06. The third-order valence-corrected chi connectivity index (χ3v) is 3.76. The van der Waals surface area contributed by atoms with E-state index in [4.69, 9.17) is 15.2 Å². The summed E-state index contributed by atoms with van der Waals surface area (Å²) in [5.41, 5.74) is 7.33. The molecule has 2 atom stereocenters. The van der Waals surface area contributed by atoms with Crippen molar-refractivity contribution in [2.24, 2.45) is 11.7 Å². The first-order valence-electron chi connectivity index (χ1n) is 7.50. The fraction of sp³-hybridized carbons (Fsp3) is 0.625. The van der Waals surface area contributed by atoms with Crippen LogP contribution in [0.2, 0.25) is 0 Å². The van der Waals surface area contributed by atoms with Gasteiger partial charge in [-0.1, -0.05) is 13.0 Å². The zero-order valence-electron chi connectivity index (χ0n) is 12.8. The summed E-state index contributed by atoms with van der Waals surface area (Å²) in [5, 5.41) is 0. The van der Waals surface area contributed by atoms with E-state index in [0.717, 1.165) is 31.1 Å². The van der Waals surface area contributed by atoms with E-state index in [1.165, 1.54) is 5.56 Å². The largest absolute Gasteiger partial charge is 0.490 e. The molecule has 1 fully saturated rings. The van der Waals surface area contributed by atoms with Crippen LogP contribution in [-0.4, -0.2) is 37.2 Å². The van der Waals surface area contributed by atoms with Crippen molar-refractivity contribution in [3.05, 3.63) is 23.8 Å². The molecule has 4 nitrogen and oxygen atoms in total. The molecule has 1 aliphatic rings. The molecule has 0 spiro atoms. The molecule has 1 aliphatic heterocycles. The van der Waals surface area contributed by atoms with Gasteiger partial charge < -0.3 is 15.2 Å². The van der Waals surface area contributed by atoms with E-state index in [9.17, 15) is 0 Å². The maximum atomic E-state index is 6.08. The molecular formula is C16H26N2O2. The van der Waals surface area contributed by atoms with E-state index < -0.39 is 0 Å². The molecular weight excluding hydrogens is 252 g/mol. The Morgan fingerprint density at radius 3 is 2.45 bits per heavy atom. The quantitative estimate of drug-likeness (QED) is 0.867. The summed E-state index contributed by atoms with van der Waals surface area (Å²) in [4.78, 5) is 2.40. The van der Waals surface area contributed by atoms with Crippen molar-refractivity contribution in [1.82, 2.24) is 4.90 Å². The van der Waals surface area contributed by atoms with Crippen molar-refractivity contribution in [3.63, 3.8) is 0 Å². The highest BCUT2D eigenvalue weighted by Gasteiger charge is 2.26. The van der Waals surface area contributed by atoms with Gasteiger partial charge in [0, 0.05) is 25.7 Å². The van der Waals surface area contributed by atoms with E-state index in [1.807, 2.05) is 19.9 Å². The normalized spacial score (nSPS) is 23.0. The fourth-order valence-corrected chi connectivity index (χ4v) is 2.68. The predicted molar refractivity (Wildman–Crippen MR) is 81.2 cm³/mol. The lowest BCUT2D eigenvalue weighted by molar-refractivity contribution is 0.285. The molecule has 2 unspecified atom stereocenters. The number of rotatable bonds is 6. The fourth-order valence-electron chi connectivity index (χ4n) is 2.68. The Morgan fingerprint density at radius 2 is 1.85 bits per heavy atom. The van der Waals surface area contributed by atoms with Gasteiger partial charge in [0.1, 0.15) is 0 Å². The van der Waals surface area contributed by atoms with Gasteiger partial charge >= 0.3 is 0 Å². The SMILES string of the molecule is CCOc1ccc(CN2CC(C)C(N)C2)cc1OCC. The monoisotopic (exact) mass is 278 g/mol. The van der Waals surface area contributed by atoms with E-state index in [2.05, 4.69) is 24.0 Å². The third-order valence-electron chi connectivity index (χ3n) is 3.76. The second-order valence-electron chi connectivity index (χ2n) is 5.48. The lowest BCUT2D eigenvalue weighted by Gasteiger charge is -2.17.